The predicted molar refractivity (Wildman–Crippen MR) is 191 cm³/mol. The molecule has 0 aliphatic heterocycles. The van der Waals surface area contributed by atoms with Crippen LogP contribution in [0.15, 0.2) is 0 Å². The Morgan fingerprint density at radius 3 is 0.111 bits per heavy atom. The standard InChI is InChI=1S/10HNO3.10NO3.10Na/c20*2-1(3)4;;;;;;;;;;/h10*(H,2,3,4);;;;;;;;;;;;;;;;;;;;/q;;;;;;;;;;10*-1;10*+1. The monoisotopic (exact) mass is 1480 g/mol. The minimum absolute atomic E-state index is 0. The van der Waals surface area contributed by atoms with Gasteiger partial charge in [0.2, 0.25) is 0 Å². The van der Waals surface area contributed by atoms with Gasteiger partial charge in [-0.2, -0.15) is 0 Å². The van der Waals surface area contributed by atoms with Crippen molar-refractivity contribution in [3.8, 4) is 0 Å². The van der Waals surface area contributed by atoms with E-state index in [9.17, 15) is 0 Å². The van der Waals surface area contributed by atoms with Gasteiger partial charge in [-0.15, -0.1) is 101 Å². The molecule has 90 heteroatoms. The van der Waals surface area contributed by atoms with Crippen LogP contribution >= 0.6 is 0 Å². The molecule has 0 fully saturated rings. The van der Waals surface area contributed by atoms with Gasteiger partial charge < -0.3 is 205 Å². The van der Waals surface area contributed by atoms with E-state index in [4.69, 9.17) is 306 Å². The maximum Gasteiger partial charge on any atom is 1.00 e. The second-order valence-electron chi connectivity index (χ2n) is 4.61. The van der Waals surface area contributed by atoms with E-state index in [0.29, 0.717) is 0 Å². The fourth-order valence-electron chi connectivity index (χ4n) is 0. The SMILES string of the molecule is O=[N+]([O-])O.O=[N+]([O-])O.O=[N+]([O-])O.O=[N+]([O-])O.O=[N+]([O-])O.O=[N+]([O-])O.O=[N+]([O-])O.O=[N+]([O-])O.O=[N+]([O-])O.O=[N+]([O-])O.O=[N+]([O-])[O-].O=[N+]([O-])[O-].O=[N+]([O-])[O-].O=[N+]([O-])[O-].O=[N+]([O-])[O-].O=[N+]([O-])[O-].O=[N+]([O-])[O-].O=[N+]([O-])[O-].O=[N+]([O-])[O-].O=[N+]([O-])[O-].[Na+].[Na+].[Na+].[Na+].[Na+].[Na+].[Na+].[Na+].[Na+].[Na+]. The van der Waals surface area contributed by atoms with Gasteiger partial charge in [-0.1, -0.05) is 0 Å². The van der Waals surface area contributed by atoms with Crippen molar-refractivity contribution in [3.63, 3.8) is 0 Å². The van der Waals surface area contributed by atoms with Crippen LogP contribution in [0.25, 0.3) is 0 Å². The average Bonchev–Trinajstić information content (AvgIpc) is 2.99. The summed E-state index contributed by atoms with van der Waals surface area (Å²) in [6.07, 6.45) is 0. The van der Waals surface area contributed by atoms with E-state index in [1.165, 1.54) is 0 Å². The minimum atomic E-state index is -1.75. The molecule has 0 radical (unpaired) electrons. The molecule has 0 heterocycles. The zero-order valence-corrected chi connectivity index (χ0v) is 63.8. The first kappa shape index (κ1) is 198. The molecular formula is H10N20Na10O60. The van der Waals surface area contributed by atoms with E-state index in [1.54, 1.807) is 0 Å². The summed E-state index contributed by atoms with van der Waals surface area (Å²) < 4.78 is 0. The van der Waals surface area contributed by atoms with Crippen molar-refractivity contribution in [1.82, 2.24) is 0 Å². The quantitative estimate of drug-likeness (QED) is 0.0612. The Morgan fingerprint density at radius 2 is 0.111 bits per heavy atom. The van der Waals surface area contributed by atoms with E-state index in [1.807, 2.05) is 0 Å². The second-order valence-corrected chi connectivity index (χ2v) is 4.61. The molecule has 0 aromatic heterocycles. The molecule has 10 N–H and O–H groups in total. The molecule has 0 saturated carbocycles. The smallest absolute Gasteiger partial charge is 0.356 e. The van der Waals surface area contributed by atoms with Crippen LogP contribution in [0.4, 0.5) is 0 Å². The average molecular weight is 1480 g/mol. The summed E-state index contributed by atoms with van der Waals surface area (Å²) in [4.78, 5) is 166. The predicted octanol–water partition coefficient (Wildman–Crippen LogP) is -35.8. The molecule has 0 atom stereocenters. The first-order chi connectivity index (χ1) is 34.6. The van der Waals surface area contributed by atoms with Gasteiger partial charge in [-0.05, 0) is 0 Å². The van der Waals surface area contributed by atoms with E-state index in [0.717, 1.165) is 0 Å². The molecule has 480 valence electrons. The zero-order chi connectivity index (χ0) is 71.5. The van der Waals surface area contributed by atoms with Gasteiger partial charge in [-0.25, -0.2) is 0 Å². The summed E-state index contributed by atoms with van der Waals surface area (Å²) in [6, 6.07) is 0. The van der Waals surface area contributed by atoms with Crippen molar-refractivity contribution in [3.05, 3.63) is 254 Å². The maximum atomic E-state index is 8.36. The van der Waals surface area contributed by atoms with Gasteiger partial charge in [-0.3, -0.25) is 0 Å². The van der Waals surface area contributed by atoms with Crippen molar-refractivity contribution in [2.45, 2.75) is 0 Å². The van der Waals surface area contributed by atoms with Crippen molar-refractivity contribution < 1.29 is 449 Å². The first-order valence-electron chi connectivity index (χ1n) is 11.1. The number of hydrogen-bond donors (Lipinski definition) is 10. The van der Waals surface area contributed by atoms with Crippen molar-refractivity contribution in [2.24, 2.45) is 0 Å². The van der Waals surface area contributed by atoms with Crippen molar-refractivity contribution in [2.75, 3.05) is 0 Å². The summed E-state index contributed by atoms with van der Waals surface area (Å²) in [6.45, 7) is 0. The molecule has 0 spiro atoms. The Bertz CT molecular complexity index is 1090. The van der Waals surface area contributed by atoms with Crippen LogP contribution < -0.4 is 296 Å². The molecule has 0 rings (SSSR count). The Morgan fingerprint density at radius 1 is 0.111 bits per heavy atom. The summed E-state index contributed by atoms with van der Waals surface area (Å²) in [5, 5.41) is 284. The van der Waals surface area contributed by atoms with Crippen LogP contribution in [0, 0.1) is 254 Å². The fraction of sp³-hybridized carbons (Fsp3) is 0. The number of hydrogen-bond acceptors (Lipinski definition) is 50. The van der Waals surface area contributed by atoms with Gasteiger partial charge in [0.05, 0.1) is 50.9 Å². The molecule has 0 amide bonds. The van der Waals surface area contributed by atoms with Crippen LogP contribution in [0.3, 0.4) is 0 Å². The third-order valence-corrected chi connectivity index (χ3v) is 0. The van der Waals surface area contributed by atoms with Gasteiger partial charge in [0.15, 0.2) is 0 Å². The molecular weight excluding hydrogens is 1470 g/mol. The summed E-state index contributed by atoms with van der Waals surface area (Å²) >= 11 is 0. The summed E-state index contributed by atoms with van der Waals surface area (Å²) in [5.41, 5.74) is 0. The minimum Gasteiger partial charge on any atom is -0.356 e. The van der Waals surface area contributed by atoms with Gasteiger partial charge >= 0.3 is 296 Å². The number of rotatable bonds is 0. The molecule has 0 aromatic carbocycles. The second kappa shape index (κ2) is 191. The summed E-state index contributed by atoms with van der Waals surface area (Å²) in [5.74, 6) is 0. The maximum absolute atomic E-state index is 8.36. The van der Waals surface area contributed by atoms with Gasteiger partial charge in [0, 0.05) is 0 Å². The van der Waals surface area contributed by atoms with Crippen molar-refractivity contribution >= 4 is 0 Å². The normalized spacial score (nSPS) is 5.33. The van der Waals surface area contributed by atoms with E-state index in [-0.39, 0.29) is 296 Å². The molecule has 0 saturated heterocycles. The van der Waals surface area contributed by atoms with Crippen LogP contribution in [0.5, 0.6) is 0 Å². The molecule has 0 unspecified atom stereocenters. The Labute approximate surface area is 694 Å². The van der Waals surface area contributed by atoms with Gasteiger partial charge in [0.1, 0.15) is 0 Å². The Balaban J connectivity index is -0.0000000150. The molecule has 0 aliphatic rings. The van der Waals surface area contributed by atoms with Crippen LogP contribution in [0.2, 0.25) is 0 Å². The fourth-order valence-corrected chi connectivity index (χ4v) is 0. The first-order valence-corrected chi connectivity index (χ1v) is 11.1. The molecule has 0 aliphatic carbocycles. The van der Waals surface area contributed by atoms with E-state index < -0.39 is 102 Å². The molecule has 0 bridgehead atoms. The topological polar surface area (TPSA) is 1300 Å². The zero-order valence-electron chi connectivity index (χ0n) is 43.8. The van der Waals surface area contributed by atoms with Crippen molar-refractivity contribution in [1.29, 1.82) is 0 Å². The third kappa shape index (κ3) is 14900. The largest absolute Gasteiger partial charge is 1.00 e. The Hall–Kier alpha value is -6.00. The third-order valence-electron chi connectivity index (χ3n) is 0. The van der Waals surface area contributed by atoms with Crippen LogP contribution in [0.1, 0.15) is 0 Å². The molecule has 0 aromatic rings. The Kier molecular flexibility index (Phi) is 422. The molecule has 80 nitrogen and oxygen atoms in total. The molecule has 90 heavy (non-hydrogen) atoms. The summed E-state index contributed by atoms with van der Waals surface area (Å²) in [7, 11) is 0. The van der Waals surface area contributed by atoms with Gasteiger partial charge in [0.25, 0.3) is 50.9 Å². The van der Waals surface area contributed by atoms with Crippen LogP contribution in [-0.2, 0) is 0 Å². The van der Waals surface area contributed by atoms with E-state index in [2.05, 4.69) is 0 Å². The number of nitrogens with zero attached hydrogens (tertiary/aromatic N) is 20. The van der Waals surface area contributed by atoms with E-state index >= 15 is 0 Å². The van der Waals surface area contributed by atoms with Crippen LogP contribution in [-0.4, -0.2) is 154 Å².